The van der Waals surface area contributed by atoms with Crippen molar-refractivity contribution in [2.75, 3.05) is 33.4 Å². The van der Waals surface area contributed by atoms with Gasteiger partial charge < -0.3 is 19.5 Å². The number of para-hydroxylation sites is 2. The Balaban J connectivity index is 1.43. The van der Waals surface area contributed by atoms with Gasteiger partial charge in [-0.1, -0.05) is 12.1 Å². The molecule has 2 aliphatic rings. The van der Waals surface area contributed by atoms with E-state index in [0.29, 0.717) is 25.0 Å². The molecule has 1 saturated heterocycles. The standard InChI is InChI=1S/C18H25NO4/c1-22-16-5-2-3-6-17(16)23-10-4-9-19-11-14(13-7-8-13)15(12-19)18(20)21/h2-3,5-6,13-15H,4,7-12H2,1H3,(H,20,21)/t14-,15+/m0/s1. The number of benzene rings is 1. The van der Waals surface area contributed by atoms with E-state index in [1.807, 2.05) is 24.3 Å². The lowest BCUT2D eigenvalue weighted by Crippen LogP contribution is -2.25. The van der Waals surface area contributed by atoms with Crippen molar-refractivity contribution in [3.05, 3.63) is 24.3 Å². The summed E-state index contributed by atoms with van der Waals surface area (Å²) < 4.78 is 11.0. The van der Waals surface area contributed by atoms with Crippen LogP contribution in [0, 0.1) is 17.8 Å². The molecule has 1 N–H and O–H groups in total. The van der Waals surface area contributed by atoms with Crippen LogP contribution in [0.25, 0.3) is 0 Å². The van der Waals surface area contributed by atoms with Crippen LogP contribution in [-0.2, 0) is 4.79 Å². The van der Waals surface area contributed by atoms with E-state index in [0.717, 1.165) is 31.0 Å². The van der Waals surface area contributed by atoms with Crippen LogP contribution in [0.3, 0.4) is 0 Å². The molecule has 126 valence electrons. The maximum atomic E-state index is 11.4. The van der Waals surface area contributed by atoms with Crippen molar-refractivity contribution in [3.63, 3.8) is 0 Å². The minimum Gasteiger partial charge on any atom is -0.493 e. The topological polar surface area (TPSA) is 59.0 Å². The molecule has 2 fully saturated rings. The molecule has 0 radical (unpaired) electrons. The minimum atomic E-state index is -0.630. The van der Waals surface area contributed by atoms with E-state index in [2.05, 4.69) is 4.90 Å². The molecule has 0 amide bonds. The third-order valence-corrected chi connectivity index (χ3v) is 4.93. The number of carboxylic acid groups (broad SMARTS) is 1. The lowest BCUT2D eigenvalue weighted by molar-refractivity contribution is -0.142. The monoisotopic (exact) mass is 319 g/mol. The first kappa shape index (κ1) is 16.1. The Kier molecular flexibility index (Phi) is 5.06. The number of rotatable bonds is 8. The molecule has 3 rings (SSSR count). The van der Waals surface area contributed by atoms with E-state index in [1.165, 1.54) is 12.8 Å². The van der Waals surface area contributed by atoms with Crippen LogP contribution in [0.1, 0.15) is 19.3 Å². The molecule has 1 saturated carbocycles. The van der Waals surface area contributed by atoms with Crippen molar-refractivity contribution < 1.29 is 19.4 Å². The number of likely N-dealkylation sites (tertiary alicyclic amines) is 1. The van der Waals surface area contributed by atoms with Crippen LogP contribution in [0.5, 0.6) is 11.5 Å². The molecule has 2 atom stereocenters. The molecular weight excluding hydrogens is 294 g/mol. The van der Waals surface area contributed by atoms with Gasteiger partial charge in [0.2, 0.25) is 0 Å². The van der Waals surface area contributed by atoms with Gasteiger partial charge in [0.15, 0.2) is 11.5 Å². The second-order valence-electron chi connectivity index (χ2n) is 6.56. The summed E-state index contributed by atoms with van der Waals surface area (Å²) >= 11 is 0. The zero-order valence-corrected chi connectivity index (χ0v) is 13.6. The van der Waals surface area contributed by atoms with Gasteiger partial charge in [0.05, 0.1) is 19.6 Å². The maximum absolute atomic E-state index is 11.4. The predicted molar refractivity (Wildman–Crippen MR) is 86.9 cm³/mol. The van der Waals surface area contributed by atoms with Gasteiger partial charge in [0.25, 0.3) is 0 Å². The van der Waals surface area contributed by atoms with Gasteiger partial charge in [-0.25, -0.2) is 0 Å². The molecule has 0 aromatic heterocycles. The number of hydrogen-bond acceptors (Lipinski definition) is 4. The highest BCUT2D eigenvalue weighted by Gasteiger charge is 2.45. The fraction of sp³-hybridized carbons (Fsp3) is 0.611. The van der Waals surface area contributed by atoms with E-state index in [4.69, 9.17) is 9.47 Å². The largest absolute Gasteiger partial charge is 0.493 e. The summed E-state index contributed by atoms with van der Waals surface area (Å²) in [6.07, 6.45) is 3.31. The highest BCUT2D eigenvalue weighted by atomic mass is 16.5. The minimum absolute atomic E-state index is 0.183. The second-order valence-corrected chi connectivity index (χ2v) is 6.56. The SMILES string of the molecule is COc1ccccc1OCCCN1C[C@@H](C(=O)O)[C@H](C2CC2)C1. The summed E-state index contributed by atoms with van der Waals surface area (Å²) in [6.45, 7) is 3.12. The van der Waals surface area contributed by atoms with Gasteiger partial charge in [0.1, 0.15) is 0 Å². The van der Waals surface area contributed by atoms with Crippen LogP contribution in [0.15, 0.2) is 24.3 Å². The van der Waals surface area contributed by atoms with E-state index in [1.54, 1.807) is 7.11 Å². The van der Waals surface area contributed by atoms with Gasteiger partial charge in [-0.05, 0) is 43.2 Å². The van der Waals surface area contributed by atoms with Gasteiger partial charge in [0, 0.05) is 19.6 Å². The number of carboxylic acids is 1. The fourth-order valence-corrected chi connectivity index (χ4v) is 3.57. The Hall–Kier alpha value is -1.75. The van der Waals surface area contributed by atoms with Crippen LogP contribution in [0.2, 0.25) is 0 Å². The van der Waals surface area contributed by atoms with Crippen LogP contribution >= 0.6 is 0 Å². The molecule has 0 bridgehead atoms. The first-order valence-electron chi connectivity index (χ1n) is 8.40. The third kappa shape index (κ3) is 3.96. The zero-order chi connectivity index (χ0) is 16.2. The predicted octanol–water partition coefficient (Wildman–Crippen LogP) is 2.51. The van der Waals surface area contributed by atoms with Crippen molar-refractivity contribution in [3.8, 4) is 11.5 Å². The molecule has 0 spiro atoms. The van der Waals surface area contributed by atoms with Crippen LogP contribution in [-0.4, -0.2) is 49.3 Å². The average molecular weight is 319 g/mol. The highest BCUT2D eigenvalue weighted by molar-refractivity contribution is 5.71. The maximum Gasteiger partial charge on any atom is 0.308 e. The quantitative estimate of drug-likeness (QED) is 0.746. The second kappa shape index (κ2) is 7.21. The number of aliphatic carboxylic acids is 1. The van der Waals surface area contributed by atoms with Gasteiger partial charge in [-0.3, -0.25) is 4.79 Å². The molecule has 1 aromatic rings. The number of nitrogens with zero attached hydrogens (tertiary/aromatic N) is 1. The first-order valence-corrected chi connectivity index (χ1v) is 8.40. The van der Waals surface area contributed by atoms with E-state index >= 15 is 0 Å². The van der Waals surface area contributed by atoms with Crippen molar-refractivity contribution in [1.82, 2.24) is 4.90 Å². The van der Waals surface area contributed by atoms with E-state index in [9.17, 15) is 9.90 Å². The molecule has 1 heterocycles. The highest BCUT2D eigenvalue weighted by Crippen LogP contribution is 2.44. The lowest BCUT2D eigenvalue weighted by atomic mass is 9.92. The van der Waals surface area contributed by atoms with Crippen molar-refractivity contribution >= 4 is 5.97 Å². The summed E-state index contributed by atoms with van der Waals surface area (Å²) in [5.74, 6) is 1.69. The number of ether oxygens (including phenoxy) is 2. The van der Waals surface area contributed by atoms with Crippen LogP contribution < -0.4 is 9.47 Å². The van der Waals surface area contributed by atoms with E-state index in [-0.39, 0.29) is 5.92 Å². The van der Waals surface area contributed by atoms with Gasteiger partial charge in [-0.15, -0.1) is 0 Å². The Bertz CT molecular complexity index is 544. The Morgan fingerprint density at radius 2 is 2.00 bits per heavy atom. The van der Waals surface area contributed by atoms with Gasteiger partial charge >= 0.3 is 5.97 Å². The molecule has 0 unspecified atom stereocenters. The smallest absolute Gasteiger partial charge is 0.308 e. The number of hydrogen-bond donors (Lipinski definition) is 1. The number of carbonyl (C=O) groups is 1. The third-order valence-electron chi connectivity index (χ3n) is 4.93. The molecule has 5 heteroatoms. The Morgan fingerprint density at radius 1 is 1.26 bits per heavy atom. The summed E-state index contributed by atoms with van der Waals surface area (Å²) in [7, 11) is 1.64. The number of methoxy groups -OCH3 is 1. The molecule has 1 aliphatic carbocycles. The average Bonchev–Trinajstić information content (AvgIpc) is 3.31. The van der Waals surface area contributed by atoms with E-state index < -0.39 is 5.97 Å². The summed E-state index contributed by atoms with van der Waals surface area (Å²) in [5.41, 5.74) is 0. The lowest BCUT2D eigenvalue weighted by Gasteiger charge is -2.16. The first-order chi connectivity index (χ1) is 11.2. The normalized spacial score (nSPS) is 24.6. The Morgan fingerprint density at radius 3 is 2.65 bits per heavy atom. The molecule has 23 heavy (non-hydrogen) atoms. The molecular formula is C18H25NO4. The summed E-state index contributed by atoms with van der Waals surface area (Å²) in [5, 5.41) is 9.39. The van der Waals surface area contributed by atoms with Crippen molar-refractivity contribution in [1.29, 1.82) is 0 Å². The fourth-order valence-electron chi connectivity index (χ4n) is 3.57. The van der Waals surface area contributed by atoms with Crippen molar-refractivity contribution in [2.45, 2.75) is 19.3 Å². The summed E-state index contributed by atoms with van der Waals surface area (Å²) in [4.78, 5) is 13.7. The van der Waals surface area contributed by atoms with Gasteiger partial charge in [-0.2, -0.15) is 0 Å². The Labute approximate surface area is 137 Å². The molecule has 1 aliphatic heterocycles. The molecule has 1 aromatic carbocycles. The molecule has 5 nitrogen and oxygen atoms in total. The van der Waals surface area contributed by atoms with Crippen molar-refractivity contribution in [2.24, 2.45) is 17.8 Å². The summed E-state index contributed by atoms with van der Waals surface area (Å²) in [6, 6.07) is 7.63. The zero-order valence-electron chi connectivity index (χ0n) is 13.6. The van der Waals surface area contributed by atoms with Crippen LogP contribution in [0.4, 0.5) is 0 Å².